The van der Waals surface area contributed by atoms with Crippen molar-refractivity contribution >= 4 is 27.3 Å². The molecule has 0 radical (unpaired) electrons. The summed E-state index contributed by atoms with van der Waals surface area (Å²) in [6.07, 6.45) is 0. The topological polar surface area (TPSA) is 66.5 Å². The second-order valence-corrected chi connectivity index (χ2v) is 9.45. The van der Waals surface area contributed by atoms with Crippen molar-refractivity contribution in [2.75, 3.05) is 16.2 Å². The number of anilines is 2. The van der Waals surface area contributed by atoms with Gasteiger partial charge in [-0.25, -0.2) is 8.42 Å². The van der Waals surface area contributed by atoms with E-state index in [2.05, 4.69) is 5.32 Å². The van der Waals surface area contributed by atoms with Gasteiger partial charge in [-0.05, 0) is 80.8 Å². The number of aryl methyl sites for hydroxylation is 4. The summed E-state index contributed by atoms with van der Waals surface area (Å²) >= 11 is 0. The van der Waals surface area contributed by atoms with Gasteiger partial charge in [0.05, 0.1) is 10.6 Å². The van der Waals surface area contributed by atoms with Crippen molar-refractivity contribution in [2.45, 2.75) is 32.6 Å². The number of carbonyl (C=O) groups is 1. The highest BCUT2D eigenvalue weighted by molar-refractivity contribution is 7.92. The largest absolute Gasteiger partial charge is 0.325 e. The van der Waals surface area contributed by atoms with E-state index < -0.39 is 15.9 Å². The lowest BCUT2D eigenvalue weighted by molar-refractivity contribution is -0.114. The van der Waals surface area contributed by atoms with Crippen LogP contribution in [0.3, 0.4) is 0 Å². The van der Waals surface area contributed by atoms with Crippen LogP contribution >= 0.6 is 0 Å². The number of sulfonamides is 1. The first-order valence-electron chi connectivity index (χ1n) is 9.69. The van der Waals surface area contributed by atoms with Crippen LogP contribution in [0, 0.1) is 27.7 Å². The molecule has 0 bridgehead atoms. The van der Waals surface area contributed by atoms with Crippen molar-refractivity contribution in [3.63, 3.8) is 0 Å². The van der Waals surface area contributed by atoms with Crippen LogP contribution in [0.1, 0.15) is 22.3 Å². The Morgan fingerprint density at radius 3 is 2.03 bits per heavy atom. The van der Waals surface area contributed by atoms with E-state index in [4.69, 9.17) is 0 Å². The van der Waals surface area contributed by atoms with Crippen molar-refractivity contribution < 1.29 is 13.2 Å². The molecular weight excluding hydrogens is 396 g/mol. The number of rotatable bonds is 6. The number of carbonyl (C=O) groups excluding carboxylic acids is 1. The second-order valence-electron chi connectivity index (χ2n) is 7.59. The van der Waals surface area contributed by atoms with Gasteiger partial charge in [0.1, 0.15) is 6.54 Å². The number of hydrogen-bond donors (Lipinski definition) is 1. The number of benzene rings is 3. The van der Waals surface area contributed by atoms with Crippen molar-refractivity contribution in [1.29, 1.82) is 0 Å². The molecule has 30 heavy (non-hydrogen) atoms. The van der Waals surface area contributed by atoms with Crippen molar-refractivity contribution in [2.24, 2.45) is 0 Å². The first-order valence-corrected chi connectivity index (χ1v) is 11.1. The minimum absolute atomic E-state index is 0.149. The fourth-order valence-electron chi connectivity index (χ4n) is 3.30. The Hall–Kier alpha value is -3.12. The third kappa shape index (κ3) is 5.07. The smallest absolute Gasteiger partial charge is 0.264 e. The summed E-state index contributed by atoms with van der Waals surface area (Å²) in [7, 11) is -3.93. The van der Waals surface area contributed by atoms with Crippen LogP contribution in [0.5, 0.6) is 0 Å². The Labute approximate surface area is 178 Å². The standard InChI is InChI=1S/C24H26N2O3S/c1-17-8-10-23(11-9-17)30(28,29)26(22-14-19(3)12-20(4)15-22)16-24(27)25-21-7-5-6-18(2)13-21/h5-15H,16H2,1-4H3,(H,25,27). The van der Waals surface area contributed by atoms with E-state index in [1.165, 1.54) is 4.31 Å². The van der Waals surface area contributed by atoms with E-state index >= 15 is 0 Å². The van der Waals surface area contributed by atoms with E-state index in [1.807, 2.05) is 52.0 Å². The van der Waals surface area contributed by atoms with E-state index in [0.29, 0.717) is 11.4 Å². The quantitative estimate of drug-likeness (QED) is 0.623. The number of hydrogen-bond acceptors (Lipinski definition) is 3. The van der Waals surface area contributed by atoms with Crippen LogP contribution in [0.25, 0.3) is 0 Å². The van der Waals surface area contributed by atoms with Gasteiger partial charge >= 0.3 is 0 Å². The van der Waals surface area contributed by atoms with Crippen LogP contribution in [0.2, 0.25) is 0 Å². The van der Waals surface area contributed by atoms with Crippen LogP contribution in [0.4, 0.5) is 11.4 Å². The minimum Gasteiger partial charge on any atom is -0.325 e. The third-order valence-electron chi connectivity index (χ3n) is 4.69. The molecule has 0 fully saturated rings. The summed E-state index contributed by atoms with van der Waals surface area (Å²) in [5.41, 5.74) is 4.91. The zero-order chi connectivity index (χ0) is 21.9. The summed E-state index contributed by atoms with van der Waals surface area (Å²) < 4.78 is 28.1. The molecule has 6 heteroatoms. The maximum atomic E-state index is 13.5. The maximum absolute atomic E-state index is 13.5. The first-order chi connectivity index (χ1) is 14.1. The Bertz CT molecular complexity index is 1150. The van der Waals surface area contributed by atoms with Gasteiger partial charge in [0.15, 0.2) is 0 Å². The van der Waals surface area contributed by atoms with Gasteiger partial charge in [-0.3, -0.25) is 9.10 Å². The predicted octanol–water partition coefficient (Wildman–Crippen LogP) is 4.75. The summed E-state index contributed by atoms with van der Waals surface area (Å²) in [6, 6.07) is 19.5. The highest BCUT2D eigenvalue weighted by atomic mass is 32.2. The Morgan fingerprint density at radius 2 is 1.43 bits per heavy atom. The number of nitrogens with zero attached hydrogens (tertiary/aromatic N) is 1. The molecule has 0 unspecified atom stereocenters. The van der Waals surface area contributed by atoms with Gasteiger partial charge in [0, 0.05) is 5.69 Å². The lowest BCUT2D eigenvalue weighted by Gasteiger charge is -2.25. The SMILES string of the molecule is Cc1ccc(S(=O)(=O)N(CC(=O)Nc2cccc(C)c2)c2cc(C)cc(C)c2)cc1. The normalized spacial score (nSPS) is 11.2. The molecule has 0 saturated carbocycles. The molecule has 0 atom stereocenters. The summed E-state index contributed by atoms with van der Waals surface area (Å²) in [6.45, 7) is 7.31. The maximum Gasteiger partial charge on any atom is 0.264 e. The molecule has 0 aliphatic rings. The molecule has 3 aromatic rings. The molecule has 0 aliphatic heterocycles. The van der Waals surface area contributed by atoms with Gasteiger partial charge < -0.3 is 5.32 Å². The fraction of sp³-hybridized carbons (Fsp3) is 0.208. The van der Waals surface area contributed by atoms with E-state index in [0.717, 1.165) is 22.3 Å². The second kappa shape index (κ2) is 8.71. The molecule has 0 saturated heterocycles. The zero-order valence-electron chi connectivity index (χ0n) is 17.6. The highest BCUT2D eigenvalue weighted by Gasteiger charge is 2.27. The number of nitrogens with one attached hydrogen (secondary N) is 1. The first kappa shape index (κ1) is 21.6. The molecule has 3 rings (SSSR count). The van der Waals surface area contributed by atoms with E-state index in [9.17, 15) is 13.2 Å². The molecule has 0 spiro atoms. The Morgan fingerprint density at radius 1 is 0.800 bits per heavy atom. The van der Waals surface area contributed by atoms with Crippen LogP contribution < -0.4 is 9.62 Å². The molecule has 3 aromatic carbocycles. The molecule has 0 aliphatic carbocycles. The van der Waals surface area contributed by atoms with Gasteiger partial charge in [0.2, 0.25) is 5.91 Å². The van der Waals surface area contributed by atoms with Crippen LogP contribution in [-0.4, -0.2) is 20.9 Å². The molecule has 1 N–H and O–H groups in total. The monoisotopic (exact) mass is 422 g/mol. The van der Waals surface area contributed by atoms with Gasteiger partial charge in [-0.1, -0.05) is 35.9 Å². The average molecular weight is 423 g/mol. The molecule has 5 nitrogen and oxygen atoms in total. The third-order valence-corrected chi connectivity index (χ3v) is 6.48. The molecule has 156 valence electrons. The van der Waals surface area contributed by atoms with Crippen LogP contribution in [0.15, 0.2) is 71.6 Å². The lowest BCUT2D eigenvalue weighted by Crippen LogP contribution is -2.38. The Balaban J connectivity index is 1.99. The van der Waals surface area contributed by atoms with Crippen molar-refractivity contribution in [3.05, 3.63) is 89.0 Å². The van der Waals surface area contributed by atoms with E-state index in [-0.39, 0.29) is 11.4 Å². The minimum atomic E-state index is -3.93. The van der Waals surface area contributed by atoms with E-state index in [1.54, 1.807) is 42.5 Å². The fourth-order valence-corrected chi connectivity index (χ4v) is 4.71. The average Bonchev–Trinajstić information content (AvgIpc) is 2.65. The van der Waals surface area contributed by atoms with Gasteiger partial charge in [0.25, 0.3) is 10.0 Å². The van der Waals surface area contributed by atoms with Gasteiger partial charge in [-0.2, -0.15) is 0 Å². The predicted molar refractivity (Wildman–Crippen MR) is 121 cm³/mol. The molecular formula is C24H26N2O3S. The number of amides is 1. The van der Waals surface area contributed by atoms with Crippen molar-refractivity contribution in [3.8, 4) is 0 Å². The van der Waals surface area contributed by atoms with Crippen molar-refractivity contribution in [1.82, 2.24) is 0 Å². The molecule has 0 heterocycles. The summed E-state index contributed by atoms with van der Waals surface area (Å²) in [5.74, 6) is -0.407. The lowest BCUT2D eigenvalue weighted by atomic mass is 10.1. The van der Waals surface area contributed by atoms with Gasteiger partial charge in [-0.15, -0.1) is 0 Å². The summed E-state index contributed by atoms with van der Waals surface area (Å²) in [5, 5.41) is 2.80. The van der Waals surface area contributed by atoms with Crippen LogP contribution in [-0.2, 0) is 14.8 Å². The molecule has 0 aromatic heterocycles. The highest BCUT2D eigenvalue weighted by Crippen LogP contribution is 2.26. The summed E-state index contributed by atoms with van der Waals surface area (Å²) in [4.78, 5) is 12.9. The Kier molecular flexibility index (Phi) is 6.27. The molecule has 1 amide bonds. The zero-order valence-corrected chi connectivity index (χ0v) is 18.5.